The van der Waals surface area contributed by atoms with E-state index in [0.29, 0.717) is 5.69 Å². The standard InChI is InChI=1S/C13H17F3N2OS/c1-5-6-18(7-13(14,15)16)12(19)10-9(4)17-11(20-10)8(2)3/h5,8H,1,6-7H2,2-4H3. The van der Waals surface area contributed by atoms with Crippen molar-refractivity contribution >= 4 is 17.2 Å². The maximum Gasteiger partial charge on any atom is 0.406 e. The minimum absolute atomic E-state index is 0.135. The zero-order valence-corrected chi connectivity index (χ0v) is 12.4. The van der Waals surface area contributed by atoms with Gasteiger partial charge >= 0.3 is 6.18 Å². The number of aromatic nitrogens is 1. The second-order valence-electron chi connectivity index (χ2n) is 4.71. The van der Waals surface area contributed by atoms with Gasteiger partial charge in [-0.3, -0.25) is 4.79 Å². The topological polar surface area (TPSA) is 33.2 Å². The SMILES string of the molecule is C=CCN(CC(F)(F)F)C(=O)c1sc(C(C)C)nc1C. The van der Waals surface area contributed by atoms with Crippen LogP contribution in [0.4, 0.5) is 13.2 Å². The van der Waals surface area contributed by atoms with Gasteiger partial charge in [0.1, 0.15) is 11.4 Å². The first-order valence-electron chi connectivity index (χ1n) is 6.10. The number of carbonyl (C=O) groups is 1. The molecule has 0 bridgehead atoms. The molecule has 0 aromatic carbocycles. The van der Waals surface area contributed by atoms with Crippen molar-refractivity contribution in [3.8, 4) is 0 Å². The fraction of sp³-hybridized carbons (Fsp3) is 0.538. The summed E-state index contributed by atoms with van der Waals surface area (Å²) in [5.74, 6) is -0.514. The van der Waals surface area contributed by atoms with Crippen LogP contribution in [-0.4, -0.2) is 35.1 Å². The highest BCUT2D eigenvalue weighted by molar-refractivity contribution is 7.13. The van der Waals surface area contributed by atoms with Crippen molar-refractivity contribution < 1.29 is 18.0 Å². The number of hydrogen-bond acceptors (Lipinski definition) is 3. The Balaban J connectivity index is 3.03. The summed E-state index contributed by atoms with van der Waals surface area (Å²) in [7, 11) is 0. The summed E-state index contributed by atoms with van der Waals surface area (Å²) in [5, 5.41) is 0.747. The average molecular weight is 306 g/mol. The lowest BCUT2D eigenvalue weighted by molar-refractivity contribution is -0.139. The van der Waals surface area contributed by atoms with Crippen LogP contribution in [0.15, 0.2) is 12.7 Å². The third kappa shape index (κ3) is 4.33. The average Bonchev–Trinajstić information content (AvgIpc) is 2.68. The van der Waals surface area contributed by atoms with Crippen molar-refractivity contribution in [2.75, 3.05) is 13.1 Å². The van der Waals surface area contributed by atoms with Crippen LogP contribution in [0.1, 0.15) is 40.1 Å². The first-order chi connectivity index (χ1) is 9.15. The van der Waals surface area contributed by atoms with Crippen molar-refractivity contribution in [1.29, 1.82) is 0 Å². The van der Waals surface area contributed by atoms with Crippen LogP contribution in [-0.2, 0) is 0 Å². The minimum atomic E-state index is -4.43. The summed E-state index contributed by atoms with van der Waals surface area (Å²) in [6, 6.07) is 0. The van der Waals surface area contributed by atoms with E-state index < -0.39 is 18.6 Å². The monoisotopic (exact) mass is 306 g/mol. The molecule has 0 radical (unpaired) electrons. The van der Waals surface area contributed by atoms with E-state index in [1.54, 1.807) is 6.92 Å². The highest BCUT2D eigenvalue weighted by Gasteiger charge is 2.34. The summed E-state index contributed by atoms with van der Waals surface area (Å²) in [6.07, 6.45) is -3.15. The van der Waals surface area contributed by atoms with Gasteiger partial charge in [-0.25, -0.2) is 4.98 Å². The van der Waals surface area contributed by atoms with Crippen LogP contribution in [0, 0.1) is 6.92 Å². The van der Waals surface area contributed by atoms with Gasteiger partial charge in [0.15, 0.2) is 0 Å². The molecule has 0 spiro atoms. The Morgan fingerprint density at radius 3 is 2.50 bits per heavy atom. The third-order valence-electron chi connectivity index (χ3n) is 2.51. The van der Waals surface area contributed by atoms with Crippen molar-refractivity contribution in [1.82, 2.24) is 9.88 Å². The van der Waals surface area contributed by atoms with E-state index in [-0.39, 0.29) is 17.3 Å². The highest BCUT2D eigenvalue weighted by Crippen LogP contribution is 2.27. The number of alkyl halides is 3. The molecule has 0 aliphatic rings. The van der Waals surface area contributed by atoms with Crippen LogP contribution < -0.4 is 0 Å². The smallest absolute Gasteiger partial charge is 0.325 e. The van der Waals surface area contributed by atoms with Crippen LogP contribution >= 0.6 is 11.3 Å². The molecule has 1 heterocycles. The Morgan fingerprint density at radius 2 is 2.10 bits per heavy atom. The first-order valence-corrected chi connectivity index (χ1v) is 6.91. The Morgan fingerprint density at radius 1 is 1.50 bits per heavy atom. The zero-order chi connectivity index (χ0) is 15.5. The Kier molecular flexibility index (Phi) is 5.33. The number of nitrogens with zero attached hydrogens (tertiary/aromatic N) is 2. The van der Waals surface area contributed by atoms with Crippen molar-refractivity contribution in [2.45, 2.75) is 32.9 Å². The lowest BCUT2D eigenvalue weighted by Crippen LogP contribution is -2.39. The van der Waals surface area contributed by atoms with Gasteiger partial charge in [-0.2, -0.15) is 13.2 Å². The van der Waals surface area contributed by atoms with Gasteiger partial charge < -0.3 is 4.90 Å². The van der Waals surface area contributed by atoms with Crippen molar-refractivity contribution in [3.05, 3.63) is 28.2 Å². The Labute approximate surface area is 120 Å². The molecule has 0 unspecified atom stereocenters. The van der Waals surface area contributed by atoms with Crippen LogP contribution in [0.2, 0.25) is 0 Å². The van der Waals surface area contributed by atoms with E-state index in [1.807, 2.05) is 13.8 Å². The van der Waals surface area contributed by atoms with Gasteiger partial charge in [-0.05, 0) is 6.92 Å². The molecule has 1 rings (SSSR count). The second-order valence-corrected chi connectivity index (χ2v) is 5.74. The maximum atomic E-state index is 12.5. The molecule has 1 aromatic heterocycles. The number of thiazole rings is 1. The number of amides is 1. The number of halogens is 3. The predicted octanol–water partition coefficient (Wildman–Crippen LogP) is 3.77. The molecule has 0 atom stereocenters. The van der Waals surface area contributed by atoms with Gasteiger partial charge in [-0.1, -0.05) is 19.9 Å². The molecular weight excluding hydrogens is 289 g/mol. The summed E-state index contributed by atoms with van der Waals surface area (Å²) < 4.78 is 37.5. The van der Waals surface area contributed by atoms with Crippen LogP contribution in [0.3, 0.4) is 0 Å². The molecule has 0 N–H and O–H groups in total. The summed E-state index contributed by atoms with van der Waals surface area (Å²) in [4.78, 5) is 17.4. The molecule has 1 amide bonds. The third-order valence-corrected chi connectivity index (χ3v) is 3.95. The summed E-state index contributed by atoms with van der Waals surface area (Å²) in [6.45, 7) is 7.43. The summed E-state index contributed by atoms with van der Waals surface area (Å²) >= 11 is 1.15. The molecule has 0 aliphatic heterocycles. The number of rotatable bonds is 5. The Bertz CT molecular complexity index is 494. The zero-order valence-electron chi connectivity index (χ0n) is 11.6. The maximum absolute atomic E-state index is 12.5. The van der Waals surface area contributed by atoms with Gasteiger partial charge in [0.25, 0.3) is 5.91 Å². The molecule has 20 heavy (non-hydrogen) atoms. The summed E-state index contributed by atoms with van der Waals surface area (Å²) in [5.41, 5.74) is 0.472. The second kappa shape index (κ2) is 6.39. The normalized spacial score (nSPS) is 11.8. The van der Waals surface area contributed by atoms with Gasteiger partial charge in [0, 0.05) is 12.5 Å². The molecule has 1 aromatic rings. The van der Waals surface area contributed by atoms with E-state index in [1.165, 1.54) is 6.08 Å². The quantitative estimate of drug-likeness (QED) is 0.776. The number of hydrogen-bond donors (Lipinski definition) is 0. The van der Waals surface area contributed by atoms with Gasteiger partial charge in [0.05, 0.1) is 10.7 Å². The van der Waals surface area contributed by atoms with Crippen molar-refractivity contribution in [3.63, 3.8) is 0 Å². The molecule has 112 valence electrons. The molecule has 0 saturated heterocycles. The molecular formula is C13H17F3N2OS. The molecule has 0 aliphatic carbocycles. The predicted molar refractivity (Wildman–Crippen MR) is 73.1 cm³/mol. The number of carbonyl (C=O) groups excluding carboxylic acids is 1. The molecule has 0 fully saturated rings. The van der Waals surface area contributed by atoms with Gasteiger partial charge in [0.2, 0.25) is 0 Å². The highest BCUT2D eigenvalue weighted by atomic mass is 32.1. The fourth-order valence-electron chi connectivity index (χ4n) is 1.60. The van der Waals surface area contributed by atoms with E-state index in [0.717, 1.165) is 21.2 Å². The number of aryl methyl sites for hydroxylation is 1. The van der Waals surface area contributed by atoms with Crippen LogP contribution in [0.5, 0.6) is 0 Å². The Hall–Kier alpha value is -1.37. The van der Waals surface area contributed by atoms with Crippen molar-refractivity contribution in [2.24, 2.45) is 0 Å². The van der Waals surface area contributed by atoms with Crippen LogP contribution in [0.25, 0.3) is 0 Å². The first kappa shape index (κ1) is 16.7. The fourth-order valence-corrected chi connectivity index (χ4v) is 2.63. The largest absolute Gasteiger partial charge is 0.406 e. The van der Waals surface area contributed by atoms with E-state index in [4.69, 9.17) is 0 Å². The van der Waals surface area contributed by atoms with Gasteiger partial charge in [-0.15, -0.1) is 17.9 Å². The lowest BCUT2D eigenvalue weighted by atomic mass is 10.2. The lowest BCUT2D eigenvalue weighted by Gasteiger charge is -2.22. The minimum Gasteiger partial charge on any atom is -0.325 e. The van der Waals surface area contributed by atoms with E-state index in [2.05, 4.69) is 11.6 Å². The van der Waals surface area contributed by atoms with E-state index >= 15 is 0 Å². The molecule has 3 nitrogen and oxygen atoms in total. The van der Waals surface area contributed by atoms with E-state index in [9.17, 15) is 18.0 Å². The molecule has 7 heteroatoms. The molecule has 0 saturated carbocycles.